The predicted molar refractivity (Wildman–Crippen MR) is 338 cm³/mol. The van der Waals surface area contributed by atoms with E-state index in [2.05, 4.69) is 50.5 Å². The van der Waals surface area contributed by atoms with Gasteiger partial charge in [0.2, 0.25) is 11.8 Å². The highest BCUT2D eigenvalue weighted by molar-refractivity contribution is 5.98. The summed E-state index contributed by atoms with van der Waals surface area (Å²) in [5.41, 5.74) is 16.9. The second-order valence-electron chi connectivity index (χ2n) is 18.4. The molecule has 93 heavy (non-hydrogen) atoms. The van der Waals surface area contributed by atoms with Crippen LogP contribution in [0.2, 0.25) is 0 Å². The number of amides is 2. The molecule has 490 valence electrons. The van der Waals surface area contributed by atoms with Crippen molar-refractivity contribution in [1.82, 2.24) is 4.90 Å². The number of nitrogens with one attached hydrogen (secondary N) is 2. The number of nitro groups is 5. The van der Waals surface area contributed by atoms with Crippen LogP contribution in [-0.4, -0.2) is 122 Å². The lowest BCUT2D eigenvalue weighted by Crippen LogP contribution is -2.21. The average Bonchev–Trinajstić information content (AvgIpc) is 1.06. The topological polar surface area (TPSA) is 509 Å². The Balaban J connectivity index is 0.000000392. The molecule has 0 aliphatic heterocycles. The van der Waals surface area contributed by atoms with E-state index in [0.29, 0.717) is 23.0 Å². The van der Waals surface area contributed by atoms with Gasteiger partial charge in [-0.15, -0.1) is 0 Å². The van der Waals surface area contributed by atoms with Crippen LogP contribution in [0.4, 0.5) is 56.9 Å². The van der Waals surface area contributed by atoms with Gasteiger partial charge in [-0.3, -0.25) is 60.2 Å². The molecule has 0 aliphatic carbocycles. The Hall–Kier alpha value is -12.8. The molecule has 0 heterocycles. The van der Waals surface area contributed by atoms with Gasteiger partial charge in [-0.25, -0.2) is 24.0 Å². The molecule has 0 radical (unpaired) electrons. The highest BCUT2D eigenvalue weighted by Crippen LogP contribution is 2.25. The predicted octanol–water partition coefficient (Wildman–Crippen LogP) is 9.19. The van der Waals surface area contributed by atoms with Crippen molar-refractivity contribution in [2.75, 3.05) is 68.8 Å². The Kier molecular flexibility index (Phi) is 31.6. The molecule has 10 N–H and O–H groups in total. The lowest BCUT2D eigenvalue weighted by molar-refractivity contribution is -0.394. The van der Waals surface area contributed by atoms with Gasteiger partial charge in [0.15, 0.2) is 0 Å². The number of anilines is 5. The number of esters is 3. The lowest BCUT2D eigenvalue weighted by Gasteiger charge is -2.13. The third-order valence-electron chi connectivity index (χ3n) is 11.8. The molecule has 7 aromatic carbocycles. The second kappa shape index (κ2) is 38.5. The summed E-state index contributed by atoms with van der Waals surface area (Å²) in [5, 5.41) is 74.7. The zero-order chi connectivity index (χ0) is 70.1. The number of rotatable bonds is 19. The zero-order valence-corrected chi connectivity index (χ0v) is 50.4. The van der Waals surface area contributed by atoms with Gasteiger partial charge < -0.3 is 57.2 Å². The van der Waals surface area contributed by atoms with Crippen molar-refractivity contribution in [3.05, 3.63) is 241 Å². The molecule has 0 saturated heterocycles. The Labute approximate surface area is 528 Å². The molecule has 0 aliphatic rings. The smallest absolute Gasteiger partial charge is 0.338 e. The summed E-state index contributed by atoms with van der Waals surface area (Å²) in [7, 11) is 3.66. The average molecular weight is 1290 g/mol. The van der Waals surface area contributed by atoms with Crippen LogP contribution in [0.5, 0.6) is 0 Å². The number of hydrogen-bond donors (Lipinski definition) is 7. The molecule has 0 bridgehead atoms. The van der Waals surface area contributed by atoms with Crippen molar-refractivity contribution in [2.24, 2.45) is 0 Å². The zero-order valence-electron chi connectivity index (χ0n) is 50.4. The number of carbonyl (C=O) groups excluding carboxylic acids is 5. The van der Waals surface area contributed by atoms with E-state index < -0.39 is 71.4 Å². The summed E-state index contributed by atoms with van der Waals surface area (Å²) in [6.07, 6.45) is 0.375. The van der Waals surface area contributed by atoms with Crippen molar-refractivity contribution in [3.8, 4) is 0 Å². The van der Waals surface area contributed by atoms with Gasteiger partial charge in [-0.05, 0) is 67.2 Å². The molecule has 33 nitrogen and oxygen atoms in total. The first-order valence-corrected chi connectivity index (χ1v) is 26.7. The normalized spacial score (nSPS) is 9.80. The third-order valence-corrected chi connectivity index (χ3v) is 11.8. The Bertz CT molecular complexity index is 3710. The number of aromatic carboxylic acids is 2. The summed E-state index contributed by atoms with van der Waals surface area (Å²) in [5.74, 6) is -5.08. The number of carboxylic acid groups (broad SMARTS) is 2. The van der Waals surface area contributed by atoms with E-state index in [9.17, 15) is 84.1 Å². The number of carbonyl (C=O) groups is 7. The van der Waals surface area contributed by atoms with E-state index in [1.807, 2.05) is 48.5 Å². The van der Waals surface area contributed by atoms with Crippen LogP contribution in [0, 0.1) is 50.6 Å². The SMILES string of the molecule is CCN(CC)CC.COC(=O)c1cc(N)cc(NC(=O)Cc2ccccc2)c1.COC(=O)c1cc(N)cc([N+](=O)[O-])c1.COC(=O)c1cc(NC(=O)Cc2ccccc2)cc([N+](=O)[O-])c1.Nc1cc(C(=O)O)cc([N+](=O)[O-])c1.O=C(O)c1cc([N+](=O)[O-])cc([N+](=O)[O-])c1. The van der Waals surface area contributed by atoms with Crippen LogP contribution >= 0.6 is 0 Å². The number of hydrogen-bond acceptors (Lipinski definition) is 24. The highest BCUT2D eigenvalue weighted by Gasteiger charge is 2.21. The molecule has 0 spiro atoms. The first-order chi connectivity index (χ1) is 43.9. The number of benzene rings is 7. The molecule has 7 aromatic rings. The Morgan fingerprint density at radius 2 is 0.667 bits per heavy atom. The molecule has 0 saturated carbocycles. The molecule has 33 heteroatoms. The summed E-state index contributed by atoms with van der Waals surface area (Å²) >= 11 is 0. The van der Waals surface area contributed by atoms with Crippen molar-refractivity contribution >= 4 is 98.5 Å². The maximum absolute atomic E-state index is 12.0. The van der Waals surface area contributed by atoms with Gasteiger partial charge >= 0.3 is 29.8 Å². The molecule has 0 unspecified atom stereocenters. The minimum absolute atomic E-state index is 0.00305. The summed E-state index contributed by atoms with van der Waals surface area (Å²) in [6.45, 7) is 10.1. The number of carboxylic acids is 2. The molecule has 0 fully saturated rings. The molecular formula is C60H63N11O22. The fourth-order valence-electron chi connectivity index (χ4n) is 7.40. The van der Waals surface area contributed by atoms with E-state index in [1.54, 1.807) is 18.2 Å². The Morgan fingerprint density at radius 1 is 0.398 bits per heavy atom. The maximum atomic E-state index is 12.0. The monoisotopic (exact) mass is 1290 g/mol. The fourth-order valence-corrected chi connectivity index (χ4v) is 7.40. The summed E-state index contributed by atoms with van der Waals surface area (Å²) in [6, 6.07) is 35.7. The number of methoxy groups -OCH3 is 3. The van der Waals surface area contributed by atoms with Crippen molar-refractivity contribution < 1.29 is 82.6 Å². The standard InChI is InChI=1S/C16H14N2O5.C16H16N2O3.C8H8N2O4.C7H4N2O6.C7H6N2O4.C6H15N/c1-23-16(20)12-8-13(10-14(9-12)18(21)22)17-15(19)7-11-5-3-2-4-6-11;1-21-16(20)12-8-13(17)10-14(9-12)18-15(19)7-11-5-3-2-4-6-11;1-14-8(11)5-2-6(9)4-7(3-5)10(12)13;10-7(11)4-1-5(8(12)13)3-6(2-4)9(14)15;8-5-1-4(7(10)11)2-6(3-5)9(12)13;1-4-7(5-2)6-3/h2-6,8-10H,7H2,1H3,(H,17,19);2-6,8-10H,7,17H2,1H3,(H,18,19);2-4H,9H2,1H3;1-3H,(H,10,11);1-3H,8H2,(H,10,11);4-6H2,1-3H3. The second-order valence-corrected chi connectivity index (χ2v) is 18.4. The van der Waals surface area contributed by atoms with Crippen molar-refractivity contribution in [2.45, 2.75) is 33.6 Å². The van der Waals surface area contributed by atoms with Crippen molar-refractivity contribution in [1.29, 1.82) is 0 Å². The maximum Gasteiger partial charge on any atom is 0.338 e. The largest absolute Gasteiger partial charge is 0.478 e. The van der Waals surface area contributed by atoms with Gasteiger partial charge in [0, 0.05) is 77.0 Å². The number of nitrogens with two attached hydrogens (primary N) is 3. The van der Waals surface area contributed by atoms with E-state index >= 15 is 0 Å². The molecular weight excluding hydrogens is 1230 g/mol. The van der Waals surface area contributed by atoms with Gasteiger partial charge in [-0.1, -0.05) is 81.4 Å². The van der Waals surface area contributed by atoms with Crippen LogP contribution in [0.25, 0.3) is 0 Å². The van der Waals surface area contributed by atoms with E-state index in [4.69, 9.17) is 27.4 Å². The summed E-state index contributed by atoms with van der Waals surface area (Å²) in [4.78, 5) is 130. The van der Waals surface area contributed by atoms with Crippen LogP contribution in [-0.2, 0) is 36.6 Å². The van der Waals surface area contributed by atoms with Gasteiger partial charge in [0.05, 0.1) is 92.7 Å². The number of nitrogens with zero attached hydrogens (tertiary/aromatic N) is 6. The van der Waals surface area contributed by atoms with Gasteiger partial charge in [-0.2, -0.15) is 0 Å². The van der Waals surface area contributed by atoms with Crippen LogP contribution in [0.3, 0.4) is 0 Å². The van der Waals surface area contributed by atoms with Crippen molar-refractivity contribution in [3.63, 3.8) is 0 Å². The van der Waals surface area contributed by atoms with Crippen LogP contribution < -0.4 is 27.8 Å². The lowest BCUT2D eigenvalue weighted by atomic mass is 10.1. The van der Waals surface area contributed by atoms with Gasteiger partial charge in [0.1, 0.15) is 0 Å². The van der Waals surface area contributed by atoms with E-state index in [1.165, 1.54) is 77.4 Å². The first kappa shape index (κ1) is 76.3. The minimum atomic E-state index is -1.46. The third kappa shape index (κ3) is 27.4. The molecule has 0 aromatic heterocycles. The number of nitrogen functional groups attached to an aromatic ring is 3. The van der Waals surface area contributed by atoms with E-state index in [-0.39, 0.29) is 75.5 Å². The molecule has 0 atom stereocenters. The molecule has 7 rings (SSSR count). The summed E-state index contributed by atoms with van der Waals surface area (Å²) < 4.78 is 13.6. The highest BCUT2D eigenvalue weighted by atomic mass is 16.6. The van der Waals surface area contributed by atoms with Crippen LogP contribution in [0.15, 0.2) is 152 Å². The molecule has 2 amide bonds. The first-order valence-electron chi connectivity index (χ1n) is 26.7. The quantitative estimate of drug-likeness (QED) is 0.0130. The minimum Gasteiger partial charge on any atom is -0.478 e. The number of ether oxygens (including phenoxy) is 3. The number of non-ortho nitro benzene ring substituents is 5. The van der Waals surface area contributed by atoms with Crippen LogP contribution in [0.1, 0.15) is 83.7 Å². The van der Waals surface area contributed by atoms with Gasteiger partial charge in [0.25, 0.3) is 28.4 Å². The Morgan fingerprint density at radius 3 is 0.978 bits per heavy atom. The van der Waals surface area contributed by atoms with E-state index in [0.717, 1.165) is 53.6 Å². The fraction of sp³-hybridized carbons (Fsp3) is 0.183. The number of nitro benzene ring substituents is 5.